The Labute approximate surface area is 209 Å². The lowest BCUT2D eigenvalue weighted by molar-refractivity contribution is -0.132. The van der Waals surface area contributed by atoms with Gasteiger partial charge in [-0.25, -0.2) is 4.98 Å². The third kappa shape index (κ3) is 4.30. The minimum absolute atomic E-state index is 0.225. The van der Waals surface area contributed by atoms with Crippen LogP contribution < -0.4 is 0 Å². The maximum absolute atomic E-state index is 13.0. The maximum atomic E-state index is 13.0. The summed E-state index contributed by atoms with van der Waals surface area (Å²) in [6.45, 7) is 1.51. The van der Waals surface area contributed by atoms with E-state index in [1.165, 1.54) is 16.7 Å². The molecule has 1 amide bonds. The van der Waals surface area contributed by atoms with Gasteiger partial charge in [0.1, 0.15) is 0 Å². The molecule has 5 aromatic rings. The number of aromatic amines is 1. The van der Waals surface area contributed by atoms with E-state index in [9.17, 15) is 4.79 Å². The number of para-hydroxylation sites is 1. The molecule has 0 aliphatic carbocycles. The number of aryl methyl sites for hydroxylation is 1. The van der Waals surface area contributed by atoms with Gasteiger partial charge in [0.25, 0.3) is 0 Å². The van der Waals surface area contributed by atoms with Crippen LogP contribution in [0.15, 0.2) is 78.9 Å². The molecule has 0 spiro atoms. The summed E-state index contributed by atoms with van der Waals surface area (Å²) in [6.07, 6.45) is 3.01. The Kier molecular flexibility index (Phi) is 5.75. The lowest BCUT2D eigenvalue weighted by atomic mass is 9.99. The number of amides is 1. The summed E-state index contributed by atoms with van der Waals surface area (Å²) < 4.78 is 0. The average molecular weight is 480 g/mol. The lowest BCUT2D eigenvalue weighted by Gasteiger charge is -2.29. The zero-order valence-corrected chi connectivity index (χ0v) is 20.2. The van der Waals surface area contributed by atoms with Crippen LogP contribution in [-0.4, -0.2) is 27.3 Å². The Hall–Kier alpha value is -3.63. The van der Waals surface area contributed by atoms with E-state index in [-0.39, 0.29) is 5.91 Å². The Morgan fingerprint density at radius 2 is 1.80 bits per heavy atom. The zero-order chi connectivity index (χ0) is 23.8. The molecule has 6 rings (SSSR count). The standard InChI is InChI=1S/C30H26ClN3O/c31-23-13-15-27-25(18-23)24(30(33-27)28-14-12-21-7-3-4-10-26(21)32-28)9-5-11-29(35)34-17-16-20-6-1-2-8-22(20)19-34/h1-4,6-8,10,12-15,18,33H,5,9,11,16-17,19H2. The molecule has 0 unspecified atom stereocenters. The van der Waals surface area contributed by atoms with E-state index in [0.717, 1.165) is 59.0 Å². The molecule has 0 radical (unpaired) electrons. The van der Waals surface area contributed by atoms with E-state index in [0.29, 0.717) is 18.0 Å². The molecule has 3 heterocycles. The summed E-state index contributed by atoms with van der Waals surface area (Å²) in [6, 6.07) is 26.7. The van der Waals surface area contributed by atoms with Crippen LogP contribution in [0.3, 0.4) is 0 Å². The molecule has 1 aliphatic heterocycles. The first-order valence-electron chi connectivity index (χ1n) is 12.2. The average Bonchev–Trinajstić information content (AvgIpc) is 3.25. The number of fused-ring (bicyclic) bond motifs is 3. The monoisotopic (exact) mass is 479 g/mol. The van der Waals surface area contributed by atoms with Crippen molar-refractivity contribution in [2.75, 3.05) is 6.54 Å². The highest BCUT2D eigenvalue weighted by molar-refractivity contribution is 6.31. The molecule has 1 N–H and O–H groups in total. The molecule has 174 valence electrons. The zero-order valence-electron chi connectivity index (χ0n) is 19.4. The number of carbonyl (C=O) groups excluding carboxylic acids is 1. The minimum atomic E-state index is 0.225. The second kappa shape index (κ2) is 9.20. The van der Waals surface area contributed by atoms with Gasteiger partial charge >= 0.3 is 0 Å². The van der Waals surface area contributed by atoms with Crippen molar-refractivity contribution in [3.8, 4) is 11.4 Å². The number of halogens is 1. The first kappa shape index (κ1) is 21.9. The number of carbonyl (C=O) groups is 1. The first-order chi connectivity index (χ1) is 17.2. The second-order valence-electron chi connectivity index (χ2n) is 9.25. The molecule has 0 saturated carbocycles. The van der Waals surface area contributed by atoms with E-state index >= 15 is 0 Å². The summed E-state index contributed by atoms with van der Waals surface area (Å²) in [7, 11) is 0. The van der Waals surface area contributed by atoms with E-state index in [4.69, 9.17) is 16.6 Å². The fraction of sp³-hybridized carbons (Fsp3) is 0.200. The number of benzene rings is 3. The number of hydrogen-bond donors (Lipinski definition) is 1. The highest BCUT2D eigenvalue weighted by atomic mass is 35.5. The number of nitrogens with zero attached hydrogens (tertiary/aromatic N) is 2. The topological polar surface area (TPSA) is 49.0 Å². The van der Waals surface area contributed by atoms with Crippen molar-refractivity contribution >= 4 is 39.3 Å². The van der Waals surface area contributed by atoms with Crippen LogP contribution in [0.25, 0.3) is 33.2 Å². The molecular weight excluding hydrogens is 454 g/mol. The molecule has 1 aliphatic rings. The Bertz CT molecular complexity index is 1550. The summed E-state index contributed by atoms with van der Waals surface area (Å²) in [5.74, 6) is 0.225. The second-order valence-corrected chi connectivity index (χ2v) is 9.68. The molecule has 0 bridgehead atoms. The smallest absolute Gasteiger partial charge is 0.222 e. The molecule has 35 heavy (non-hydrogen) atoms. The van der Waals surface area contributed by atoms with Crippen LogP contribution in [0, 0.1) is 0 Å². The van der Waals surface area contributed by atoms with Gasteiger partial charge in [0.05, 0.1) is 16.9 Å². The maximum Gasteiger partial charge on any atom is 0.222 e. The molecule has 3 aromatic carbocycles. The van der Waals surface area contributed by atoms with Crippen molar-refractivity contribution in [3.05, 3.63) is 101 Å². The van der Waals surface area contributed by atoms with E-state index in [1.54, 1.807) is 0 Å². The minimum Gasteiger partial charge on any atom is -0.353 e. The molecule has 2 aromatic heterocycles. The van der Waals surface area contributed by atoms with Gasteiger partial charge in [-0.3, -0.25) is 4.79 Å². The Balaban J connectivity index is 1.25. The first-order valence-corrected chi connectivity index (χ1v) is 12.5. The van der Waals surface area contributed by atoms with Crippen LogP contribution >= 0.6 is 11.6 Å². The fourth-order valence-electron chi connectivity index (χ4n) is 5.19. The highest BCUT2D eigenvalue weighted by Gasteiger charge is 2.21. The highest BCUT2D eigenvalue weighted by Crippen LogP contribution is 2.33. The quantitative estimate of drug-likeness (QED) is 0.296. The summed E-state index contributed by atoms with van der Waals surface area (Å²) in [5.41, 5.74) is 7.71. The van der Waals surface area contributed by atoms with Crippen LogP contribution in [0.2, 0.25) is 5.02 Å². The number of H-pyrrole nitrogens is 1. The van der Waals surface area contributed by atoms with Crippen molar-refractivity contribution in [2.24, 2.45) is 0 Å². The molecule has 5 heteroatoms. The fourth-order valence-corrected chi connectivity index (χ4v) is 5.36. The molecule has 4 nitrogen and oxygen atoms in total. The number of nitrogens with one attached hydrogen (secondary N) is 1. The third-order valence-corrected chi connectivity index (χ3v) is 7.26. The molecule has 0 atom stereocenters. The van der Waals surface area contributed by atoms with Gasteiger partial charge in [0.15, 0.2) is 0 Å². The van der Waals surface area contributed by atoms with Crippen LogP contribution in [-0.2, 0) is 24.2 Å². The molecule has 0 fully saturated rings. The molecule has 0 saturated heterocycles. The summed E-state index contributed by atoms with van der Waals surface area (Å²) >= 11 is 6.36. The number of rotatable bonds is 5. The number of aromatic nitrogens is 2. The van der Waals surface area contributed by atoms with Gasteiger partial charge < -0.3 is 9.88 Å². The Morgan fingerprint density at radius 3 is 2.71 bits per heavy atom. The SMILES string of the molecule is O=C(CCCc1c(-c2ccc3ccccc3n2)[nH]c2ccc(Cl)cc12)N1CCc2ccccc2C1. The van der Waals surface area contributed by atoms with Crippen LogP contribution in [0.1, 0.15) is 29.5 Å². The van der Waals surface area contributed by atoms with Gasteiger partial charge in [-0.15, -0.1) is 0 Å². The van der Waals surface area contributed by atoms with Gasteiger partial charge in [0, 0.05) is 40.8 Å². The van der Waals surface area contributed by atoms with Crippen molar-refractivity contribution in [1.29, 1.82) is 0 Å². The normalized spacial score (nSPS) is 13.3. The van der Waals surface area contributed by atoms with Crippen molar-refractivity contribution in [3.63, 3.8) is 0 Å². The predicted molar refractivity (Wildman–Crippen MR) is 143 cm³/mol. The van der Waals surface area contributed by atoms with Gasteiger partial charge in [0.2, 0.25) is 5.91 Å². The molecular formula is C30H26ClN3O. The Morgan fingerprint density at radius 1 is 0.971 bits per heavy atom. The van der Waals surface area contributed by atoms with Gasteiger partial charge in [-0.2, -0.15) is 0 Å². The van der Waals surface area contributed by atoms with Crippen molar-refractivity contribution in [1.82, 2.24) is 14.9 Å². The summed E-state index contributed by atoms with van der Waals surface area (Å²) in [4.78, 5) is 23.5. The van der Waals surface area contributed by atoms with Gasteiger partial charge in [-0.05, 0) is 66.3 Å². The van der Waals surface area contributed by atoms with E-state index in [2.05, 4.69) is 47.4 Å². The van der Waals surface area contributed by atoms with Crippen molar-refractivity contribution < 1.29 is 4.79 Å². The largest absolute Gasteiger partial charge is 0.353 e. The summed E-state index contributed by atoms with van der Waals surface area (Å²) in [5, 5.41) is 2.92. The van der Waals surface area contributed by atoms with Crippen molar-refractivity contribution in [2.45, 2.75) is 32.2 Å². The van der Waals surface area contributed by atoms with E-state index < -0.39 is 0 Å². The predicted octanol–water partition coefficient (Wildman–Crippen LogP) is 6.94. The number of pyridine rings is 1. The van der Waals surface area contributed by atoms with Crippen LogP contribution in [0.4, 0.5) is 0 Å². The lowest BCUT2D eigenvalue weighted by Crippen LogP contribution is -2.35. The third-order valence-electron chi connectivity index (χ3n) is 7.02. The van der Waals surface area contributed by atoms with Crippen LogP contribution in [0.5, 0.6) is 0 Å². The van der Waals surface area contributed by atoms with E-state index in [1.807, 2.05) is 41.3 Å². The van der Waals surface area contributed by atoms with Gasteiger partial charge in [-0.1, -0.05) is 60.1 Å². The number of hydrogen-bond acceptors (Lipinski definition) is 2.